The maximum absolute atomic E-state index is 2.31. The van der Waals surface area contributed by atoms with Crippen molar-refractivity contribution in [2.24, 2.45) is 0 Å². The first-order valence-corrected chi connectivity index (χ1v) is 6.10. The Labute approximate surface area is 104 Å². The third kappa shape index (κ3) is 2.28. The van der Waals surface area contributed by atoms with Crippen LogP contribution in [0.3, 0.4) is 0 Å². The Hall–Kier alpha value is -1.50. The van der Waals surface area contributed by atoms with E-state index in [4.69, 9.17) is 0 Å². The zero-order valence-corrected chi connectivity index (χ0v) is 11.4. The van der Waals surface area contributed by atoms with Crippen molar-refractivity contribution in [2.75, 3.05) is 19.0 Å². The molecular weight excluding hydrogens is 206 g/mol. The summed E-state index contributed by atoms with van der Waals surface area (Å²) in [7, 11) is 4.21. The van der Waals surface area contributed by atoms with Crippen LogP contribution < -0.4 is 4.90 Å². The van der Waals surface area contributed by atoms with Crippen LogP contribution in [0.2, 0.25) is 0 Å². The Bertz CT molecular complexity index is 533. The minimum absolute atomic E-state index is 0.189. The van der Waals surface area contributed by atoms with Gasteiger partial charge in [0.15, 0.2) is 0 Å². The number of hydrogen-bond acceptors (Lipinski definition) is 1. The molecule has 2 aromatic carbocycles. The van der Waals surface area contributed by atoms with E-state index in [-0.39, 0.29) is 5.41 Å². The van der Waals surface area contributed by atoms with Crippen molar-refractivity contribution in [1.82, 2.24) is 0 Å². The Kier molecular flexibility index (Phi) is 2.86. The second-order valence-electron chi connectivity index (χ2n) is 5.86. The van der Waals surface area contributed by atoms with Crippen molar-refractivity contribution >= 4 is 16.5 Å². The van der Waals surface area contributed by atoms with Crippen LogP contribution in [0.4, 0.5) is 5.69 Å². The fourth-order valence-corrected chi connectivity index (χ4v) is 2.09. The van der Waals surface area contributed by atoms with Crippen LogP contribution in [0.25, 0.3) is 10.8 Å². The van der Waals surface area contributed by atoms with Gasteiger partial charge in [-0.2, -0.15) is 0 Å². The molecule has 0 aliphatic carbocycles. The minimum atomic E-state index is 0.189. The molecule has 0 fully saturated rings. The predicted molar refractivity (Wildman–Crippen MR) is 77.0 cm³/mol. The summed E-state index contributed by atoms with van der Waals surface area (Å²) in [6, 6.07) is 13.2. The van der Waals surface area contributed by atoms with Crippen LogP contribution >= 0.6 is 0 Å². The van der Waals surface area contributed by atoms with Crippen molar-refractivity contribution < 1.29 is 0 Å². The van der Waals surface area contributed by atoms with Gasteiger partial charge in [-0.05, 0) is 22.4 Å². The van der Waals surface area contributed by atoms with Gasteiger partial charge < -0.3 is 4.90 Å². The average Bonchev–Trinajstić information content (AvgIpc) is 2.26. The number of fused-ring (bicyclic) bond motifs is 1. The fourth-order valence-electron chi connectivity index (χ4n) is 2.09. The number of hydrogen-bond donors (Lipinski definition) is 0. The molecule has 17 heavy (non-hydrogen) atoms. The topological polar surface area (TPSA) is 3.24 Å². The number of nitrogens with zero attached hydrogens (tertiary/aromatic N) is 1. The molecule has 0 heterocycles. The van der Waals surface area contributed by atoms with Gasteiger partial charge in [0.25, 0.3) is 0 Å². The highest BCUT2D eigenvalue weighted by Gasteiger charge is 2.16. The molecule has 0 spiro atoms. The zero-order valence-electron chi connectivity index (χ0n) is 11.4. The van der Waals surface area contributed by atoms with Gasteiger partial charge in [-0.25, -0.2) is 0 Å². The highest BCUT2D eigenvalue weighted by Crippen LogP contribution is 2.32. The highest BCUT2D eigenvalue weighted by atomic mass is 15.1. The second-order valence-corrected chi connectivity index (χ2v) is 5.86. The van der Waals surface area contributed by atoms with Gasteiger partial charge in [-0.1, -0.05) is 51.1 Å². The molecule has 0 N–H and O–H groups in total. The molecular formula is C16H21N. The molecule has 0 aliphatic rings. The van der Waals surface area contributed by atoms with E-state index in [1.807, 2.05) is 0 Å². The average molecular weight is 227 g/mol. The Morgan fingerprint density at radius 3 is 2.18 bits per heavy atom. The van der Waals surface area contributed by atoms with Crippen LogP contribution in [-0.4, -0.2) is 14.1 Å². The van der Waals surface area contributed by atoms with Crippen molar-refractivity contribution in [3.63, 3.8) is 0 Å². The SMILES string of the molecule is CN(C)c1cc(C(C)(C)C)cc2ccccc12. The largest absolute Gasteiger partial charge is 0.377 e. The first-order valence-electron chi connectivity index (χ1n) is 6.10. The monoisotopic (exact) mass is 227 g/mol. The summed E-state index contributed by atoms with van der Waals surface area (Å²) in [5.41, 5.74) is 2.88. The van der Waals surface area contributed by atoms with Gasteiger partial charge in [0.1, 0.15) is 0 Å². The highest BCUT2D eigenvalue weighted by molar-refractivity contribution is 5.95. The number of benzene rings is 2. The first kappa shape index (κ1) is 12.0. The van der Waals surface area contributed by atoms with Crippen molar-refractivity contribution in [2.45, 2.75) is 26.2 Å². The molecule has 0 atom stereocenters. The summed E-state index contributed by atoms with van der Waals surface area (Å²) in [6.45, 7) is 6.78. The summed E-state index contributed by atoms with van der Waals surface area (Å²) in [5, 5.41) is 2.65. The lowest BCUT2D eigenvalue weighted by molar-refractivity contribution is 0.591. The molecule has 0 unspecified atom stereocenters. The summed E-state index contributed by atoms with van der Waals surface area (Å²) in [5.74, 6) is 0. The first-order chi connectivity index (χ1) is 7.89. The van der Waals surface area contributed by atoms with Gasteiger partial charge in [0, 0.05) is 25.2 Å². The summed E-state index contributed by atoms with van der Waals surface area (Å²) < 4.78 is 0. The molecule has 90 valence electrons. The van der Waals surface area contributed by atoms with Crippen LogP contribution in [0, 0.1) is 0 Å². The molecule has 0 amide bonds. The molecule has 0 aliphatic heterocycles. The Morgan fingerprint density at radius 2 is 1.59 bits per heavy atom. The smallest absolute Gasteiger partial charge is 0.0443 e. The van der Waals surface area contributed by atoms with E-state index in [9.17, 15) is 0 Å². The number of anilines is 1. The summed E-state index contributed by atoms with van der Waals surface area (Å²) in [6.07, 6.45) is 0. The van der Waals surface area contributed by atoms with Crippen molar-refractivity contribution in [1.29, 1.82) is 0 Å². The molecule has 0 aromatic heterocycles. The number of rotatable bonds is 1. The Morgan fingerprint density at radius 1 is 0.941 bits per heavy atom. The molecule has 2 aromatic rings. The van der Waals surface area contributed by atoms with Gasteiger partial charge in [0.05, 0.1) is 0 Å². The molecule has 0 saturated heterocycles. The second kappa shape index (κ2) is 4.06. The van der Waals surface area contributed by atoms with E-state index in [0.717, 1.165) is 0 Å². The lowest BCUT2D eigenvalue weighted by Gasteiger charge is -2.24. The Balaban J connectivity index is 2.76. The lowest BCUT2D eigenvalue weighted by atomic mass is 9.85. The third-order valence-corrected chi connectivity index (χ3v) is 3.19. The fraction of sp³-hybridized carbons (Fsp3) is 0.375. The molecule has 0 radical (unpaired) electrons. The summed E-state index contributed by atoms with van der Waals surface area (Å²) >= 11 is 0. The molecule has 1 heteroatoms. The molecule has 0 saturated carbocycles. The van der Waals surface area contributed by atoms with Gasteiger partial charge in [0.2, 0.25) is 0 Å². The standard InChI is InChI=1S/C16H21N/c1-16(2,3)13-10-12-8-6-7-9-14(12)15(11-13)17(4)5/h6-11H,1-5H3. The maximum atomic E-state index is 2.31. The zero-order chi connectivity index (χ0) is 12.6. The van der Waals surface area contributed by atoms with E-state index in [1.165, 1.54) is 22.0 Å². The van der Waals surface area contributed by atoms with E-state index in [1.54, 1.807) is 0 Å². The van der Waals surface area contributed by atoms with Gasteiger partial charge in [-0.15, -0.1) is 0 Å². The normalized spacial score (nSPS) is 11.8. The van der Waals surface area contributed by atoms with E-state index in [2.05, 4.69) is 76.2 Å². The van der Waals surface area contributed by atoms with Crippen LogP contribution in [0.5, 0.6) is 0 Å². The molecule has 1 nitrogen and oxygen atoms in total. The van der Waals surface area contributed by atoms with Crippen LogP contribution in [0.1, 0.15) is 26.3 Å². The minimum Gasteiger partial charge on any atom is -0.377 e. The quantitative estimate of drug-likeness (QED) is 0.705. The van der Waals surface area contributed by atoms with E-state index in [0.29, 0.717) is 0 Å². The van der Waals surface area contributed by atoms with E-state index >= 15 is 0 Å². The van der Waals surface area contributed by atoms with Crippen LogP contribution in [-0.2, 0) is 5.41 Å². The van der Waals surface area contributed by atoms with Gasteiger partial charge in [-0.3, -0.25) is 0 Å². The third-order valence-electron chi connectivity index (χ3n) is 3.19. The predicted octanol–water partition coefficient (Wildman–Crippen LogP) is 4.20. The molecule has 2 rings (SSSR count). The van der Waals surface area contributed by atoms with Crippen LogP contribution in [0.15, 0.2) is 36.4 Å². The van der Waals surface area contributed by atoms with E-state index < -0.39 is 0 Å². The maximum Gasteiger partial charge on any atom is 0.0443 e. The van der Waals surface area contributed by atoms with Gasteiger partial charge >= 0.3 is 0 Å². The summed E-state index contributed by atoms with van der Waals surface area (Å²) in [4.78, 5) is 2.19. The van der Waals surface area contributed by atoms with Crippen molar-refractivity contribution in [3.8, 4) is 0 Å². The van der Waals surface area contributed by atoms with Crippen molar-refractivity contribution in [3.05, 3.63) is 42.0 Å². The lowest BCUT2D eigenvalue weighted by Crippen LogP contribution is -2.14. The molecule has 0 bridgehead atoms.